The molecule has 0 unspecified atom stereocenters. The van der Waals surface area contributed by atoms with Crippen molar-refractivity contribution in [1.29, 1.82) is 0 Å². The maximum absolute atomic E-state index is 13.2. The molecule has 0 amide bonds. The standard InChI is InChI=1S/C18H19ClFN3O.HI/c1-24-14-5-3-13(4-6-14)23-17(21)22-11-18(8-9-18)15-7-2-12(20)10-16(15)19;/h2-7,10H,8-9,11H2,1H3,(H3,21,22,23);1H. The minimum atomic E-state index is -0.330. The average molecular weight is 476 g/mol. The Morgan fingerprint density at radius 2 is 1.96 bits per heavy atom. The Kier molecular flexibility index (Phi) is 6.51. The largest absolute Gasteiger partial charge is 0.497 e. The maximum atomic E-state index is 13.2. The molecule has 1 fully saturated rings. The van der Waals surface area contributed by atoms with Crippen molar-refractivity contribution in [1.82, 2.24) is 0 Å². The van der Waals surface area contributed by atoms with Crippen LogP contribution < -0.4 is 15.8 Å². The summed E-state index contributed by atoms with van der Waals surface area (Å²) in [6.45, 7) is 0.521. The minimum Gasteiger partial charge on any atom is -0.497 e. The second kappa shape index (κ2) is 8.23. The molecule has 3 N–H and O–H groups in total. The molecule has 0 spiro atoms. The summed E-state index contributed by atoms with van der Waals surface area (Å²) in [5, 5.41) is 3.50. The van der Waals surface area contributed by atoms with Crippen LogP contribution in [0.4, 0.5) is 10.1 Å². The van der Waals surface area contributed by atoms with Gasteiger partial charge in [0.2, 0.25) is 0 Å². The van der Waals surface area contributed by atoms with Gasteiger partial charge < -0.3 is 15.8 Å². The third-order valence-corrected chi connectivity index (χ3v) is 4.58. The van der Waals surface area contributed by atoms with Crippen molar-refractivity contribution >= 4 is 47.2 Å². The van der Waals surface area contributed by atoms with E-state index >= 15 is 0 Å². The molecule has 0 heterocycles. The minimum absolute atomic E-state index is 0. The van der Waals surface area contributed by atoms with Crippen LogP contribution in [0, 0.1) is 5.82 Å². The first-order valence-electron chi connectivity index (χ1n) is 7.69. The molecule has 0 saturated heterocycles. The molecular weight excluding hydrogens is 456 g/mol. The first-order chi connectivity index (χ1) is 11.5. The first kappa shape index (κ1) is 19.8. The quantitative estimate of drug-likeness (QED) is 0.378. The van der Waals surface area contributed by atoms with Gasteiger partial charge in [-0.25, -0.2) is 4.39 Å². The molecule has 0 aromatic heterocycles. The van der Waals surface area contributed by atoms with E-state index in [2.05, 4.69) is 10.3 Å². The molecule has 1 saturated carbocycles. The Morgan fingerprint density at radius 1 is 1.28 bits per heavy atom. The molecule has 7 heteroatoms. The number of nitrogens with two attached hydrogens (primary N) is 1. The van der Waals surface area contributed by atoms with Crippen molar-refractivity contribution in [3.05, 3.63) is 58.9 Å². The van der Waals surface area contributed by atoms with Crippen LogP contribution >= 0.6 is 35.6 Å². The van der Waals surface area contributed by atoms with Crippen LogP contribution in [0.1, 0.15) is 18.4 Å². The Hall–Kier alpha value is -1.54. The monoisotopic (exact) mass is 475 g/mol. The van der Waals surface area contributed by atoms with Gasteiger partial charge in [-0.1, -0.05) is 17.7 Å². The van der Waals surface area contributed by atoms with E-state index in [4.69, 9.17) is 22.1 Å². The molecule has 25 heavy (non-hydrogen) atoms. The van der Waals surface area contributed by atoms with Crippen molar-refractivity contribution in [2.45, 2.75) is 18.3 Å². The van der Waals surface area contributed by atoms with Crippen LogP contribution in [0.2, 0.25) is 5.02 Å². The highest BCUT2D eigenvalue weighted by molar-refractivity contribution is 14.0. The van der Waals surface area contributed by atoms with Crippen LogP contribution in [0.5, 0.6) is 5.75 Å². The van der Waals surface area contributed by atoms with Gasteiger partial charge in [-0.3, -0.25) is 4.99 Å². The molecule has 0 bridgehead atoms. The summed E-state index contributed by atoms with van der Waals surface area (Å²) in [6.07, 6.45) is 1.94. The zero-order valence-electron chi connectivity index (χ0n) is 13.8. The summed E-state index contributed by atoms with van der Waals surface area (Å²) in [6, 6.07) is 11.9. The van der Waals surface area contributed by atoms with Gasteiger partial charge in [0, 0.05) is 16.1 Å². The van der Waals surface area contributed by atoms with Gasteiger partial charge in [-0.05, 0) is 54.8 Å². The van der Waals surface area contributed by atoms with Gasteiger partial charge in [-0.15, -0.1) is 24.0 Å². The number of rotatable bonds is 5. The Bertz CT molecular complexity index is 763. The van der Waals surface area contributed by atoms with E-state index in [1.165, 1.54) is 12.1 Å². The number of benzene rings is 2. The Morgan fingerprint density at radius 3 is 2.52 bits per heavy atom. The summed E-state index contributed by atoms with van der Waals surface area (Å²) in [4.78, 5) is 4.44. The molecule has 4 nitrogen and oxygen atoms in total. The van der Waals surface area contributed by atoms with Crippen LogP contribution in [-0.4, -0.2) is 19.6 Å². The molecule has 134 valence electrons. The summed E-state index contributed by atoms with van der Waals surface area (Å²) in [5.74, 6) is 0.785. The molecule has 1 aliphatic rings. The van der Waals surface area contributed by atoms with Crippen molar-refractivity contribution in [3.8, 4) is 5.75 Å². The maximum Gasteiger partial charge on any atom is 0.193 e. The van der Waals surface area contributed by atoms with E-state index in [0.717, 1.165) is 29.8 Å². The number of ether oxygens (including phenoxy) is 1. The highest BCUT2D eigenvalue weighted by Crippen LogP contribution is 2.50. The van der Waals surface area contributed by atoms with E-state index in [1.54, 1.807) is 13.2 Å². The first-order valence-corrected chi connectivity index (χ1v) is 8.07. The van der Waals surface area contributed by atoms with Gasteiger partial charge in [0.25, 0.3) is 0 Å². The highest BCUT2D eigenvalue weighted by Gasteiger charge is 2.45. The lowest BCUT2D eigenvalue weighted by Gasteiger charge is -2.15. The third kappa shape index (κ3) is 4.76. The van der Waals surface area contributed by atoms with E-state index < -0.39 is 0 Å². The second-order valence-corrected chi connectivity index (χ2v) is 6.37. The fourth-order valence-electron chi connectivity index (χ4n) is 2.68. The van der Waals surface area contributed by atoms with E-state index in [-0.39, 0.29) is 35.2 Å². The average Bonchev–Trinajstić information content (AvgIpc) is 3.34. The smallest absolute Gasteiger partial charge is 0.193 e. The number of aliphatic imine (C=N–C) groups is 1. The van der Waals surface area contributed by atoms with Gasteiger partial charge in [0.15, 0.2) is 5.96 Å². The predicted octanol–water partition coefficient (Wildman–Crippen LogP) is 4.56. The molecular formula is C18H20ClFIN3O. The summed E-state index contributed by atoms with van der Waals surface area (Å²) < 4.78 is 18.3. The highest BCUT2D eigenvalue weighted by atomic mass is 127. The van der Waals surface area contributed by atoms with E-state index in [1.807, 2.05) is 24.3 Å². The Balaban J connectivity index is 0.00000225. The Labute approximate surface area is 168 Å². The topological polar surface area (TPSA) is 59.6 Å². The van der Waals surface area contributed by atoms with Crippen molar-refractivity contribution < 1.29 is 9.13 Å². The lowest BCUT2D eigenvalue weighted by Crippen LogP contribution is -2.25. The van der Waals surface area contributed by atoms with Crippen LogP contribution in [0.15, 0.2) is 47.5 Å². The summed E-state index contributed by atoms with van der Waals surface area (Å²) in [5.41, 5.74) is 7.61. The summed E-state index contributed by atoms with van der Waals surface area (Å²) in [7, 11) is 1.62. The van der Waals surface area contributed by atoms with Crippen molar-refractivity contribution in [2.75, 3.05) is 19.0 Å². The van der Waals surface area contributed by atoms with E-state index in [0.29, 0.717) is 17.5 Å². The molecule has 3 rings (SSSR count). The number of anilines is 1. The fraction of sp³-hybridized carbons (Fsp3) is 0.278. The number of methoxy groups -OCH3 is 1. The van der Waals surface area contributed by atoms with Gasteiger partial charge in [0.05, 0.1) is 13.7 Å². The zero-order chi connectivity index (χ0) is 17.2. The molecule has 2 aromatic carbocycles. The van der Waals surface area contributed by atoms with Crippen molar-refractivity contribution in [3.63, 3.8) is 0 Å². The normalized spacial score (nSPS) is 15.2. The fourth-order valence-corrected chi connectivity index (χ4v) is 3.05. The lowest BCUT2D eigenvalue weighted by molar-refractivity contribution is 0.415. The number of nitrogens with zero attached hydrogens (tertiary/aromatic N) is 1. The molecule has 0 aliphatic heterocycles. The molecule has 0 atom stereocenters. The number of guanidine groups is 1. The molecule has 0 radical (unpaired) electrons. The number of nitrogens with one attached hydrogen (secondary N) is 1. The van der Waals surface area contributed by atoms with Crippen molar-refractivity contribution in [2.24, 2.45) is 10.7 Å². The molecule has 1 aliphatic carbocycles. The van der Waals surface area contributed by atoms with Gasteiger partial charge in [0.1, 0.15) is 11.6 Å². The van der Waals surface area contributed by atoms with Gasteiger partial charge in [-0.2, -0.15) is 0 Å². The van der Waals surface area contributed by atoms with Crippen LogP contribution in [0.25, 0.3) is 0 Å². The number of halogens is 3. The predicted molar refractivity (Wildman–Crippen MR) is 111 cm³/mol. The zero-order valence-corrected chi connectivity index (χ0v) is 16.8. The van der Waals surface area contributed by atoms with Crippen LogP contribution in [-0.2, 0) is 5.41 Å². The number of hydrogen-bond donors (Lipinski definition) is 2. The summed E-state index contributed by atoms with van der Waals surface area (Å²) >= 11 is 6.18. The van der Waals surface area contributed by atoms with Crippen LogP contribution in [0.3, 0.4) is 0 Å². The van der Waals surface area contributed by atoms with E-state index in [9.17, 15) is 4.39 Å². The van der Waals surface area contributed by atoms with Gasteiger partial charge >= 0.3 is 0 Å². The SMILES string of the molecule is COc1ccc(NC(N)=NCC2(c3ccc(F)cc3Cl)CC2)cc1.I. The molecule has 2 aromatic rings. The lowest BCUT2D eigenvalue weighted by atomic mass is 9.96. The number of hydrogen-bond acceptors (Lipinski definition) is 2. The second-order valence-electron chi connectivity index (χ2n) is 5.96. The third-order valence-electron chi connectivity index (χ3n) is 4.27.